The van der Waals surface area contributed by atoms with Crippen LogP contribution in [0.25, 0.3) is 0 Å². The molecular weight excluding hydrogens is 332 g/mol. The van der Waals surface area contributed by atoms with Crippen molar-refractivity contribution in [2.75, 3.05) is 0 Å². The van der Waals surface area contributed by atoms with Gasteiger partial charge in [-0.2, -0.15) is 0 Å². The van der Waals surface area contributed by atoms with E-state index in [1.54, 1.807) is 6.07 Å². The third-order valence-corrected chi connectivity index (χ3v) is 4.65. The van der Waals surface area contributed by atoms with Gasteiger partial charge in [-0.05, 0) is 24.5 Å². The van der Waals surface area contributed by atoms with Crippen LogP contribution in [0.4, 0.5) is 0 Å². The van der Waals surface area contributed by atoms with Gasteiger partial charge in [-0.1, -0.05) is 96.1 Å². The minimum absolute atomic E-state index is 0. The second-order valence-electron chi connectivity index (χ2n) is 6.78. The standard InChI is InChI=1S/C21H36O2.Ti/c1-2-3-4-5-6-7-8-9-10-11-12-13-14-16-19-17-15-18-20(22)21(19)23;/h15,17-18,22-23H,2-14,16H2,1H3;. The molecule has 0 aromatic heterocycles. The molecule has 0 aliphatic rings. The first-order valence-corrected chi connectivity index (χ1v) is 9.75. The average Bonchev–Trinajstić information content (AvgIpc) is 2.55. The minimum Gasteiger partial charge on any atom is -0.504 e. The summed E-state index contributed by atoms with van der Waals surface area (Å²) in [4.78, 5) is 0. The normalized spacial score (nSPS) is 10.5. The second-order valence-corrected chi connectivity index (χ2v) is 6.78. The fraction of sp³-hybridized carbons (Fsp3) is 0.714. The Hall–Kier alpha value is -0.466. The van der Waals surface area contributed by atoms with Gasteiger partial charge in [0.05, 0.1) is 0 Å². The average molecular weight is 368 g/mol. The van der Waals surface area contributed by atoms with Crippen LogP contribution in [0.2, 0.25) is 0 Å². The van der Waals surface area contributed by atoms with Gasteiger partial charge in [-0.15, -0.1) is 0 Å². The molecular formula is C21H36O2Ti. The number of unbranched alkanes of at least 4 members (excludes halogenated alkanes) is 12. The molecule has 0 fully saturated rings. The van der Waals surface area contributed by atoms with Crippen LogP contribution >= 0.6 is 0 Å². The minimum atomic E-state index is -0.00260. The van der Waals surface area contributed by atoms with Crippen LogP contribution in [-0.4, -0.2) is 10.2 Å². The summed E-state index contributed by atoms with van der Waals surface area (Å²) in [5.41, 5.74) is 0.869. The maximum absolute atomic E-state index is 9.74. The van der Waals surface area contributed by atoms with Gasteiger partial charge in [0.2, 0.25) is 0 Å². The van der Waals surface area contributed by atoms with Gasteiger partial charge in [-0.3, -0.25) is 0 Å². The molecule has 0 aliphatic heterocycles. The summed E-state index contributed by atoms with van der Waals surface area (Å²) in [6.45, 7) is 2.27. The summed E-state index contributed by atoms with van der Waals surface area (Å²) in [5.74, 6) is 0.0589. The Morgan fingerprint density at radius 3 is 1.62 bits per heavy atom. The largest absolute Gasteiger partial charge is 0.504 e. The molecule has 0 saturated heterocycles. The monoisotopic (exact) mass is 368 g/mol. The first kappa shape index (κ1) is 23.5. The molecule has 0 bridgehead atoms. The second kappa shape index (κ2) is 16.0. The van der Waals surface area contributed by atoms with Crippen LogP contribution in [0.15, 0.2) is 18.2 Å². The van der Waals surface area contributed by atoms with Gasteiger partial charge in [0.1, 0.15) is 0 Å². The van der Waals surface area contributed by atoms with E-state index in [-0.39, 0.29) is 33.2 Å². The van der Waals surface area contributed by atoms with E-state index in [1.807, 2.05) is 6.07 Å². The third kappa shape index (κ3) is 11.2. The van der Waals surface area contributed by atoms with Gasteiger partial charge in [0, 0.05) is 21.7 Å². The number of rotatable bonds is 14. The molecule has 2 N–H and O–H groups in total. The molecule has 0 spiro atoms. The summed E-state index contributed by atoms with van der Waals surface area (Å²) in [6, 6.07) is 5.23. The van der Waals surface area contributed by atoms with Crippen molar-refractivity contribution in [1.29, 1.82) is 0 Å². The van der Waals surface area contributed by atoms with Crippen LogP contribution in [0.3, 0.4) is 0 Å². The molecule has 0 atom stereocenters. The predicted octanol–water partition coefficient (Wildman–Crippen LogP) is 6.73. The molecule has 3 heteroatoms. The number of aromatic hydroxyl groups is 2. The molecule has 1 aromatic carbocycles. The van der Waals surface area contributed by atoms with E-state index in [4.69, 9.17) is 0 Å². The van der Waals surface area contributed by atoms with E-state index in [9.17, 15) is 10.2 Å². The van der Waals surface area contributed by atoms with Crippen molar-refractivity contribution >= 4 is 0 Å². The zero-order valence-electron chi connectivity index (χ0n) is 15.5. The Kier molecular flexibility index (Phi) is 15.7. The fourth-order valence-corrected chi connectivity index (χ4v) is 3.11. The van der Waals surface area contributed by atoms with Crippen molar-refractivity contribution in [2.45, 2.75) is 96.8 Å². The molecule has 0 unspecified atom stereocenters. The number of phenols is 2. The molecule has 136 valence electrons. The zero-order chi connectivity index (χ0) is 16.8. The van der Waals surface area contributed by atoms with Gasteiger partial charge in [-0.25, -0.2) is 0 Å². The first-order valence-electron chi connectivity index (χ1n) is 9.75. The van der Waals surface area contributed by atoms with Crippen LogP contribution < -0.4 is 0 Å². The number of phenolic OH excluding ortho intramolecular Hbond substituents is 2. The third-order valence-electron chi connectivity index (χ3n) is 4.65. The molecule has 1 aromatic rings. The SMILES string of the molecule is CCCCCCCCCCCCCCCc1cccc(O)c1O.[Ti]. The van der Waals surface area contributed by atoms with Crippen LogP contribution in [0, 0.1) is 0 Å². The van der Waals surface area contributed by atoms with E-state index in [2.05, 4.69) is 6.92 Å². The van der Waals surface area contributed by atoms with E-state index in [1.165, 1.54) is 83.1 Å². The van der Waals surface area contributed by atoms with Gasteiger partial charge >= 0.3 is 0 Å². The Balaban J connectivity index is 0.00000529. The number of aryl methyl sites for hydroxylation is 1. The Morgan fingerprint density at radius 2 is 1.12 bits per heavy atom. The molecule has 1 rings (SSSR count). The van der Waals surface area contributed by atoms with E-state index < -0.39 is 0 Å². The summed E-state index contributed by atoms with van der Waals surface area (Å²) < 4.78 is 0. The van der Waals surface area contributed by atoms with Crippen molar-refractivity contribution in [3.8, 4) is 11.5 Å². The quantitative estimate of drug-likeness (QED) is 0.217. The fourth-order valence-electron chi connectivity index (χ4n) is 3.11. The van der Waals surface area contributed by atoms with Crippen molar-refractivity contribution in [1.82, 2.24) is 0 Å². The van der Waals surface area contributed by atoms with Gasteiger partial charge in [0.25, 0.3) is 0 Å². The Morgan fingerprint density at radius 1 is 0.667 bits per heavy atom. The summed E-state index contributed by atoms with van der Waals surface area (Å²) in [5, 5.41) is 19.2. The smallest absolute Gasteiger partial charge is 0.160 e. The van der Waals surface area contributed by atoms with E-state index >= 15 is 0 Å². The maximum Gasteiger partial charge on any atom is 0.160 e. The topological polar surface area (TPSA) is 40.5 Å². The van der Waals surface area contributed by atoms with Crippen molar-refractivity contribution < 1.29 is 31.9 Å². The Bertz CT molecular complexity index is 407. The molecule has 0 heterocycles. The number of hydrogen-bond donors (Lipinski definition) is 2. The predicted molar refractivity (Wildman–Crippen MR) is 99.2 cm³/mol. The van der Waals surface area contributed by atoms with Crippen LogP contribution in [-0.2, 0) is 28.1 Å². The van der Waals surface area contributed by atoms with Crippen molar-refractivity contribution in [2.24, 2.45) is 0 Å². The summed E-state index contributed by atoms with van der Waals surface area (Å²) >= 11 is 0. The molecule has 2 nitrogen and oxygen atoms in total. The maximum atomic E-state index is 9.74. The molecule has 0 amide bonds. The van der Waals surface area contributed by atoms with Crippen LogP contribution in [0.1, 0.15) is 96.0 Å². The molecule has 24 heavy (non-hydrogen) atoms. The van der Waals surface area contributed by atoms with E-state index in [0.29, 0.717) is 0 Å². The molecule has 0 radical (unpaired) electrons. The summed E-state index contributed by atoms with van der Waals surface area (Å²) in [7, 11) is 0. The molecule has 0 aliphatic carbocycles. The van der Waals surface area contributed by atoms with Crippen molar-refractivity contribution in [3.63, 3.8) is 0 Å². The van der Waals surface area contributed by atoms with Crippen molar-refractivity contribution in [3.05, 3.63) is 23.8 Å². The molecule has 0 saturated carbocycles. The van der Waals surface area contributed by atoms with Crippen LogP contribution in [0.5, 0.6) is 11.5 Å². The number of benzene rings is 1. The summed E-state index contributed by atoms with van der Waals surface area (Å²) in [6.07, 6.45) is 18.4. The Labute approximate surface area is 164 Å². The van der Waals surface area contributed by atoms with E-state index in [0.717, 1.165) is 18.4 Å². The first-order chi connectivity index (χ1) is 11.3. The van der Waals surface area contributed by atoms with Gasteiger partial charge in [0.15, 0.2) is 11.5 Å². The number of para-hydroxylation sites is 1. The zero-order valence-corrected chi connectivity index (χ0v) is 17.1. The number of hydrogen-bond acceptors (Lipinski definition) is 2. The van der Waals surface area contributed by atoms with Gasteiger partial charge < -0.3 is 10.2 Å².